The second-order valence-electron chi connectivity index (χ2n) is 6.44. The molecule has 0 bridgehead atoms. The van der Waals surface area contributed by atoms with Gasteiger partial charge in [0.05, 0.1) is 6.10 Å². The number of nitrogens with zero attached hydrogens (tertiary/aromatic N) is 1. The zero-order valence-electron chi connectivity index (χ0n) is 13.7. The normalized spacial score (nSPS) is 18.2. The van der Waals surface area contributed by atoms with Crippen molar-refractivity contribution in [1.82, 2.24) is 4.90 Å². The average Bonchev–Trinajstić information content (AvgIpc) is 2.50. The lowest BCUT2D eigenvalue weighted by Gasteiger charge is -2.37. The van der Waals surface area contributed by atoms with Crippen molar-refractivity contribution in [3.8, 4) is 5.75 Å². The van der Waals surface area contributed by atoms with Crippen LogP contribution >= 0.6 is 0 Å². The van der Waals surface area contributed by atoms with Gasteiger partial charge < -0.3 is 10.5 Å². The molecule has 1 saturated carbocycles. The summed E-state index contributed by atoms with van der Waals surface area (Å²) in [6, 6.07) is 9.43. The van der Waals surface area contributed by atoms with E-state index >= 15 is 0 Å². The molecule has 2 rings (SSSR count). The molecule has 0 spiro atoms. The Labute approximate surface area is 129 Å². The van der Waals surface area contributed by atoms with Crippen molar-refractivity contribution in [1.29, 1.82) is 0 Å². The summed E-state index contributed by atoms with van der Waals surface area (Å²) in [5.74, 6) is 0.935. The Balaban J connectivity index is 2.05. The fourth-order valence-electron chi connectivity index (χ4n) is 3.32. The number of hydrogen-bond donors (Lipinski definition) is 1. The van der Waals surface area contributed by atoms with Crippen LogP contribution in [0.2, 0.25) is 0 Å². The number of ether oxygens (including phenoxy) is 1. The van der Waals surface area contributed by atoms with E-state index in [1.54, 1.807) is 0 Å². The minimum absolute atomic E-state index is 0.214. The highest BCUT2D eigenvalue weighted by Gasteiger charge is 2.24. The first-order valence-corrected chi connectivity index (χ1v) is 8.30. The maximum absolute atomic E-state index is 6.06. The van der Waals surface area contributed by atoms with Crippen LogP contribution in [0.3, 0.4) is 0 Å². The van der Waals surface area contributed by atoms with Crippen LogP contribution in [-0.4, -0.2) is 30.6 Å². The van der Waals surface area contributed by atoms with Crippen LogP contribution in [-0.2, 0) is 0 Å². The van der Waals surface area contributed by atoms with Gasteiger partial charge in [-0.05, 0) is 51.4 Å². The molecule has 1 aromatic rings. The molecule has 3 heteroatoms. The molecule has 0 radical (unpaired) electrons. The molecule has 0 heterocycles. The van der Waals surface area contributed by atoms with Crippen LogP contribution in [0, 0.1) is 0 Å². The Hall–Kier alpha value is -1.06. The monoisotopic (exact) mass is 290 g/mol. The summed E-state index contributed by atoms with van der Waals surface area (Å²) in [7, 11) is 2.23. The molecule has 21 heavy (non-hydrogen) atoms. The first-order chi connectivity index (χ1) is 10.1. The van der Waals surface area contributed by atoms with Crippen LogP contribution < -0.4 is 10.5 Å². The smallest absolute Gasteiger partial charge is 0.119 e. The molecule has 1 fully saturated rings. The van der Waals surface area contributed by atoms with E-state index in [-0.39, 0.29) is 6.10 Å². The molecule has 0 saturated heterocycles. The van der Waals surface area contributed by atoms with Gasteiger partial charge in [-0.25, -0.2) is 0 Å². The highest BCUT2D eigenvalue weighted by molar-refractivity contribution is 5.29. The molecule has 1 aliphatic carbocycles. The van der Waals surface area contributed by atoms with E-state index in [0.717, 1.165) is 5.75 Å². The second-order valence-corrected chi connectivity index (χ2v) is 6.44. The number of hydrogen-bond acceptors (Lipinski definition) is 3. The molecular formula is C18H30N2O. The van der Waals surface area contributed by atoms with Gasteiger partial charge in [0.2, 0.25) is 0 Å². The van der Waals surface area contributed by atoms with Gasteiger partial charge in [0.15, 0.2) is 0 Å². The fourth-order valence-corrected chi connectivity index (χ4v) is 3.32. The van der Waals surface area contributed by atoms with Gasteiger partial charge >= 0.3 is 0 Å². The number of nitrogens with two attached hydrogens (primary N) is 1. The summed E-state index contributed by atoms with van der Waals surface area (Å²) in [5.41, 5.74) is 7.35. The van der Waals surface area contributed by atoms with Crippen molar-refractivity contribution in [3.05, 3.63) is 29.8 Å². The third kappa shape index (κ3) is 4.45. The summed E-state index contributed by atoms with van der Waals surface area (Å²) in [5, 5.41) is 0. The fraction of sp³-hybridized carbons (Fsp3) is 0.667. The molecule has 3 nitrogen and oxygen atoms in total. The zero-order chi connectivity index (χ0) is 15.2. The van der Waals surface area contributed by atoms with E-state index in [9.17, 15) is 0 Å². The maximum Gasteiger partial charge on any atom is 0.119 e. The Morgan fingerprint density at radius 2 is 1.76 bits per heavy atom. The van der Waals surface area contributed by atoms with E-state index in [1.807, 2.05) is 13.8 Å². The first kappa shape index (κ1) is 16.3. The van der Waals surface area contributed by atoms with E-state index in [4.69, 9.17) is 10.5 Å². The van der Waals surface area contributed by atoms with Gasteiger partial charge in [-0.3, -0.25) is 4.90 Å². The largest absolute Gasteiger partial charge is 0.491 e. The highest BCUT2D eigenvalue weighted by Crippen LogP contribution is 2.29. The van der Waals surface area contributed by atoms with E-state index in [0.29, 0.717) is 18.6 Å². The third-order valence-corrected chi connectivity index (χ3v) is 4.50. The first-order valence-electron chi connectivity index (χ1n) is 8.30. The Morgan fingerprint density at radius 3 is 2.29 bits per heavy atom. The average molecular weight is 290 g/mol. The lowest BCUT2D eigenvalue weighted by atomic mass is 9.92. The third-order valence-electron chi connectivity index (χ3n) is 4.50. The van der Waals surface area contributed by atoms with Crippen LogP contribution in [0.15, 0.2) is 24.3 Å². The molecule has 1 aromatic carbocycles. The van der Waals surface area contributed by atoms with Crippen LogP contribution in [0.25, 0.3) is 0 Å². The number of rotatable bonds is 6. The topological polar surface area (TPSA) is 38.5 Å². The molecule has 118 valence electrons. The van der Waals surface area contributed by atoms with Crippen molar-refractivity contribution < 1.29 is 4.74 Å². The maximum atomic E-state index is 6.06. The SMILES string of the molecule is CC(C)Oc1ccc(C(CN)N(C)C2CCCCC2)cc1. The van der Waals surface area contributed by atoms with Crippen LogP contribution in [0.5, 0.6) is 5.75 Å². The molecule has 2 N–H and O–H groups in total. The molecule has 1 unspecified atom stereocenters. The van der Waals surface area contributed by atoms with Gasteiger partial charge in [-0.15, -0.1) is 0 Å². The van der Waals surface area contributed by atoms with E-state index in [2.05, 4.69) is 36.2 Å². The van der Waals surface area contributed by atoms with Crippen molar-refractivity contribution in [3.63, 3.8) is 0 Å². The predicted octanol–water partition coefficient (Wildman–Crippen LogP) is 3.74. The van der Waals surface area contributed by atoms with Crippen molar-refractivity contribution in [2.75, 3.05) is 13.6 Å². The summed E-state index contributed by atoms with van der Waals surface area (Å²) in [6.07, 6.45) is 6.93. The van der Waals surface area contributed by atoms with Crippen LogP contribution in [0.1, 0.15) is 57.6 Å². The molecule has 0 aliphatic heterocycles. The Morgan fingerprint density at radius 1 is 1.14 bits per heavy atom. The standard InChI is InChI=1S/C18H30N2O/c1-14(2)21-17-11-9-15(10-12-17)18(13-19)20(3)16-7-5-4-6-8-16/h9-12,14,16,18H,4-8,13,19H2,1-3H3. The Bertz CT molecular complexity index is 410. The number of benzene rings is 1. The molecule has 1 atom stereocenters. The lowest BCUT2D eigenvalue weighted by molar-refractivity contribution is 0.140. The second kappa shape index (κ2) is 7.81. The van der Waals surface area contributed by atoms with Gasteiger partial charge in [0.25, 0.3) is 0 Å². The minimum atomic E-state index is 0.214. The predicted molar refractivity (Wildman–Crippen MR) is 88.6 cm³/mol. The number of likely N-dealkylation sites (N-methyl/N-ethyl adjacent to an activating group) is 1. The lowest BCUT2D eigenvalue weighted by Crippen LogP contribution is -2.39. The van der Waals surface area contributed by atoms with Gasteiger partial charge in [-0.2, -0.15) is 0 Å². The molecule has 0 aromatic heterocycles. The Kier molecular flexibility index (Phi) is 6.07. The van der Waals surface area contributed by atoms with Crippen molar-refractivity contribution >= 4 is 0 Å². The van der Waals surface area contributed by atoms with Gasteiger partial charge in [0, 0.05) is 18.6 Å². The van der Waals surface area contributed by atoms with Crippen molar-refractivity contribution in [2.24, 2.45) is 5.73 Å². The van der Waals surface area contributed by atoms with Gasteiger partial charge in [-0.1, -0.05) is 31.4 Å². The zero-order valence-corrected chi connectivity index (χ0v) is 13.7. The molecule has 0 amide bonds. The van der Waals surface area contributed by atoms with Gasteiger partial charge in [0.1, 0.15) is 5.75 Å². The summed E-state index contributed by atoms with van der Waals surface area (Å²) < 4.78 is 5.71. The molecular weight excluding hydrogens is 260 g/mol. The van der Waals surface area contributed by atoms with Crippen LogP contribution in [0.4, 0.5) is 0 Å². The summed E-state index contributed by atoms with van der Waals surface area (Å²) in [4.78, 5) is 2.48. The summed E-state index contributed by atoms with van der Waals surface area (Å²) >= 11 is 0. The molecule has 1 aliphatic rings. The summed E-state index contributed by atoms with van der Waals surface area (Å²) in [6.45, 7) is 4.76. The quantitative estimate of drug-likeness (QED) is 0.867. The van der Waals surface area contributed by atoms with E-state index in [1.165, 1.54) is 37.7 Å². The highest BCUT2D eigenvalue weighted by atomic mass is 16.5. The minimum Gasteiger partial charge on any atom is -0.491 e. The van der Waals surface area contributed by atoms with Crippen molar-refractivity contribution in [2.45, 2.75) is 64.1 Å². The van der Waals surface area contributed by atoms with E-state index < -0.39 is 0 Å².